The van der Waals surface area contributed by atoms with E-state index in [9.17, 15) is 0 Å². The molecule has 4 heteroatoms. The van der Waals surface area contributed by atoms with E-state index in [0.717, 1.165) is 0 Å². The molecule has 10 heavy (non-hydrogen) atoms. The van der Waals surface area contributed by atoms with E-state index in [1.165, 1.54) is 6.26 Å². The maximum atomic E-state index is 5.54. The smallest absolute Gasteiger partial charge is 0.155 e. The molecule has 0 saturated carbocycles. The van der Waals surface area contributed by atoms with E-state index in [-0.39, 0.29) is 0 Å². The van der Waals surface area contributed by atoms with E-state index in [1.54, 1.807) is 12.3 Å². The van der Waals surface area contributed by atoms with Gasteiger partial charge in [-0.25, -0.2) is 0 Å². The Bertz CT molecular complexity index is 355. The average Bonchev–Trinajstić information content (AvgIpc) is 2.36. The fraction of sp³-hybridized carbons (Fsp3) is 0. The summed E-state index contributed by atoms with van der Waals surface area (Å²) in [7, 11) is 0. The summed E-state index contributed by atoms with van der Waals surface area (Å²) in [5, 5.41) is 3.66. The molecule has 0 aliphatic heterocycles. The number of nitrogens with zero attached hydrogens (tertiary/aromatic N) is 2. The SMILES string of the molecule is Nc1ccnc2conc12. The molecule has 0 atom stereocenters. The van der Waals surface area contributed by atoms with Crippen molar-refractivity contribution >= 4 is 16.7 Å². The second-order valence-corrected chi connectivity index (χ2v) is 1.95. The van der Waals surface area contributed by atoms with Gasteiger partial charge in [-0.1, -0.05) is 5.16 Å². The summed E-state index contributed by atoms with van der Waals surface area (Å²) in [5.74, 6) is 0. The molecule has 0 aliphatic carbocycles. The summed E-state index contributed by atoms with van der Waals surface area (Å²) in [6.45, 7) is 0. The van der Waals surface area contributed by atoms with Gasteiger partial charge in [-0.05, 0) is 6.07 Å². The Hall–Kier alpha value is -1.58. The van der Waals surface area contributed by atoms with Gasteiger partial charge < -0.3 is 10.3 Å². The van der Waals surface area contributed by atoms with Gasteiger partial charge >= 0.3 is 0 Å². The average molecular weight is 135 g/mol. The summed E-state index contributed by atoms with van der Waals surface area (Å²) in [4.78, 5) is 3.97. The Balaban J connectivity index is 2.95. The molecule has 0 spiro atoms. The van der Waals surface area contributed by atoms with Crippen molar-refractivity contribution in [1.29, 1.82) is 0 Å². The highest BCUT2D eigenvalue weighted by atomic mass is 16.5. The lowest BCUT2D eigenvalue weighted by Crippen LogP contribution is -1.86. The maximum Gasteiger partial charge on any atom is 0.155 e. The first-order valence-electron chi connectivity index (χ1n) is 2.82. The van der Waals surface area contributed by atoms with Crippen molar-refractivity contribution < 1.29 is 4.52 Å². The first-order chi connectivity index (χ1) is 4.88. The highest BCUT2D eigenvalue weighted by Crippen LogP contribution is 2.14. The summed E-state index contributed by atoms with van der Waals surface area (Å²) in [5.41, 5.74) is 7.46. The number of hydrogen-bond donors (Lipinski definition) is 1. The van der Waals surface area contributed by atoms with Gasteiger partial charge in [0, 0.05) is 6.20 Å². The summed E-state index contributed by atoms with van der Waals surface area (Å²) in [6, 6.07) is 1.69. The van der Waals surface area contributed by atoms with Crippen LogP contribution in [0.25, 0.3) is 11.0 Å². The monoisotopic (exact) mass is 135 g/mol. The number of hydrogen-bond acceptors (Lipinski definition) is 4. The van der Waals surface area contributed by atoms with Crippen LogP contribution >= 0.6 is 0 Å². The minimum atomic E-state index is 0.596. The summed E-state index contributed by atoms with van der Waals surface area (Å²) >= 11 is 0. The first-order valence-corrected chi connectivity index (χ1v) is 2.82. The predicted molar refractivity (Wildman–Crippen MR) is 36.2 cm³/mol. The molecule has 4 nitrogen and oxygen atoms in total. The molecule has 2 heterocycles. The lowest BCUT2D eigenvalue weighted by Gasteiger charge is -1.88. The van der Waals surface area contributed by atoms with Crippen molar-refractivity contribution in [3.05, 3.63) is 18.5 Å². The largest absolute Gasteiger partial charge is 0.397 e. The van der Waals surface area contributed by atoms with Gasteiger partial charge in [0.05, 0.1) is 5.69 Å². The third kappa shape index (κ3) is 0.556. The van der Waals surface area contributed by atoms with Crippen molar-refractivity contribution in [1.82, 2.24) is 10.1 Å². The zero-order chi connectivity index (χ0) is 6.97. The Morgan fingerprint density at radius 3 is 3.20 bits per heavy atom. The molecule has 0 amide bonds. The molecule has 0 radical (unpaired) electrons. The van der Waals surface area contributed by atoms with Crippen LogP contribution < -0.4 is 5.73 Å². The van der Waals surface area contributed by atoms with E-state index in [2.05, 4.69) is 14.7 Å². The molecule has 0 aromatic carbocycles. The zero-order valence-electron chi connectivity index (χ0n) is 5.11. The number of pyridine rings is 1. The molecule has 2 rings (SSSR count). The van der Waals surface area contributed by atoms with Gasteiger partial charge in [0.25, 0.3) is 0 Å². The lowest BCUT2D eigenvalue weighted by molar-refractivity contribution is 0.428. The highest BCUT2D eigenvalue weighted by molar-refractivity contribution is 5.84. The van der Waals surface area contributed by atoms with E-state index < -0.39 is 0 Å². The van der Waals surface area contributed by atoms with Gasteiger partial charge in [0.1, 0.15) is 11.8 Å². The summed E-state index contributed by atoms with van der Waals surface area (Å²) < 4.78 is 4.65. The minimum absolute atomic E-state index is 0.596. The van der Waals surface area contributed by atoms with E-state index in [1.807, 2.05) is 0 Å². The van der Waals surface area contributed by atoms with Crippen LogP contribution in [0.5, 0.6) is 0 Å². The van der Waals surface area contributed by atoms with Gasteiger partial charge in [-0.3, -0.25) is 4.98 Å². The number of anilines is 1. The van der Waals surface area contributed by atoms with Crippen LogP contribution in [0.1, 0.15) is 0 Å². The third-order valence-electron chi connectivity index (χ3n) is 1.29. The quantitative estimate of drug-likeness (QED) is 0.580. The summed E-state index contributed by atoms with van der Waals surface area (Å²) in [6.07, 6.45) is 3.08. The molecule has 0 saturated heterocycles. The molecular weight excluding hydrogens is 130 g/mol. The number of rotatable bonds is 0. The number of nitrogen functional groups attached to an aromatic ring is 1. The second-order valence-electron chi connectivity index (χ2n) is 1.95. The first kappa shape index (κ1) is 5.22. The molecule has 2 aromatic rings. The molecular formula is C6H5N3O. The van der Waals surface area contributed by atoms with E-state index >= 15 is 0 Å². The van der Waals surface area contributed by atoms with E-state index in [0.29, 0.717) is 16.7 Å². The van der Waals surface area contributed by atoms with Gasteiger partial charge in [-0.2, -0.15) is 0 Å². The van der Waals surface area contributed by atoms with Crippen LogP contribution in [0.15, 0.2) is 23.0 Å². The number of aromatic nitrogens is 2. The number of nitrogens with two attached hydrogens (primary N) is 1. The highest BCUT2D eigenvalue weighted by Gasteiger charge is 2.00. The van der Waals surface area contributed by atoms with Crippen molar-refractivity contribution in [3.63, 3.8) is 0 Å². The van der Waals surface area contributed by atoms with Gasteiger partial charge in [0.15, 0.2) is 5.52 Å². The van der Waals surface area contributed by atoms with Crippen LogP contribution in [0.3, 0.4) is 0 Å². The Labute approximate surface area is 56.6 Å². The van der Waals surface area contributed by atoms with Crippen LogP contribution in [-0.2, 0) is 0 Å². The van der Waals surface area contributed by atoms with Crippen LogP contribution in [0.2, 0.25) is 0 Å². The van der Waals surface area contributed by atoms with Crippen LogP contribution in [0.4, 0.5) is 5.69 Å². The standard InChI is InChI=1S/C6H5N3O/c7-4-1-2-8-5-3-10-9-6(4)5/h1-3H,7H2. The topological polar surface area (TPSA) is 64.9 Å². The van der Waals surface area contributed by atoms with E-state index in [4.69, 9.17) is 5.73 Å². The van der Waals surface area contributed by atoms with Crippen molar-refractivity contribution in [2.45, 2.75) is 0 Å². The van der Waals surface area contributed by atoms with Gasteiger partial charge in [0.2, 0.25) is 0 Å². The maximum absolute atomic E-state index is 5.54. The lowest BCUT2D eigenvalue weighted by atomic mass is 10.3. The zero-order valence-corrected chi connectivity index (χ0v) is 5.11. The minimum Gasteiger partial charge on any atom is -0.397 e. The molecule has 50 valence electrons. The van der Waals surface area contributed by atoms with Crippen molar-refractivity contribution in [2.75, 3.05) is 5.73 Å². The molecule has 0 aliphatic rings. The van der Waals surface area contributed by atoms with Crippen LogP contribution in [-0.4, -0.2) is 10.1 Å². The van der Waals surface area contributed by atoms with Crippen molar-refractivity contribution in [2.24, 2.45) is 0 Å². The molecule has 2 aromatic heterocycles. The molecule has 0 unspecified atom stereocenters. The Morgan fingerprint density at radius 1 is 1.50 bits per heavy atom. The van der Waals surface area contributed by atoms with Crippen molar-refractivity contribution in [3.8, 4) is 0 Å². The fourth-order valence-electron chi connectivity index (χ4n) is 0.801. The molecule has 0 fully saturated rings. The molecule has 2 N–H and O–H groups in total. The fourth-order valence-corrected chi connectivity index (χ4v) is 0.801. The Kier molecular flexibility index (Phi) is 0.887. The van der Waals surface area contributed by atoms with Gasteiger partial charge in [-0.15, -0.1) is 0 Å². The van der Waals surface area contributed by atoms with Crippen LogP contribution in [0, 0.1) is 0 Å². The normalized spacial score (nSPS) is 10.4. The molecule has 0 bridgehead atoms. The number of fused-ring (bicyclic) bond motifs is 1. The predicted octanol–water partition coefficient (Wildman–Crippen LogP) is 0.805. The second kappa shape index (κ2) is 1.70. The third-order valence-corrected chi connectivity index (χ3v) is 1.29. The Morgan fingerprint density at radius 2 is 2.40 bits per heavy atom.